The molecule has 1 aromatic carbocycles. The second-order valence-electron chi connectivity index (χ2n) is 3.04. The van der Waals surface area contributed by atoms with Crippen LogP contribution in [0.3, 0.4) is 0 Å². The molecule has 0 unspecified atom stereocenters. The molecule has 1 heterocycles. The summed E-state index contributed by atoms with van der Waals surface area (Å²) in [5.41, 5.74) is 1.37. The SMILES string of the molecule is Cc1cnc2cc(F)c(Cl)cc2c1Cl. The highest BCUT2D eigenvalue weighted by molar-refractivity contribution is 6.37. The van der Waals surface area contributed by atoms with Crippen LogP contribution in [-0.2, 0) is 0 Å². The molecule has 72 valence electrons. The van der Waals surface area contributed by atoms with Gasteiger partial charge in [0.2, 0.25) is 0 Å². The maximum atomic E-state index is 13.1. The standard InChI is InChI=1S/C10H6Cl2FN/c1-5-4-14-9-3-8(13)7(11)2-6(9)10(5)12/h2-4H,1H3. The Hall–Kier alpha value is -0.860. The first kappa shape index (κ1) is 9.69. The van der Waals surface area contributed by atoms with E-state index in [1.54, 1.807) is 6.20 Å². The van der Waals surface area contributed by atoms with Crippen LogP contribution in [-0.4, -0.2) is 4.98 Å². The van der Waals surface area contributed by atoms with Crippen LogP contribution in [0.15, 0.2) is 18.3 Å². The number of pyridine rings is 1. The van der Waals surface area contributed by atoms with Crippen molar-refractivity contribution in [1.29, 1.82) is 0 Å². The summed E-state index contributed by atoms with van der Waals surface area (Å²) < 4.78 is 13.1. The number of nitrogens with zero attached hydrogens (tertiary/aromatic N) is 1. The number of aryl methyl sites for hydroxylation is 1. The van der Waals surface area contributed by atoms with Crippen LogP contribution in [0.25, 0.3) is 10.9 Å². The van der Waals surface area contributed by atoms with E-state index in [0.29, 0.717) is 15.9 Å². The summed E-state index contributed by atoms with van der Waals surface area (Å²) in [6.45, 7) is 1.84. The molecule has 0 aliphatic carbocycles. The summed E-state index contributed by atoms with van der Waals surface area (Å²) >= 11 is 11.7. The van der Waals surface area contributed by atoms with Gasteiger partial charge in [0, 0.05) is 17.6 Å². The van der Waals surface area contributed by atoms with E-state index >= 15 is 0 Å². The van der Waals surface area contributed by atoms with Crippen LogP contribution in [0.2, 0.25) is 10.0 Å². The lowest BCUT2D eigenvalue weighted by Crippen LogP contribution is -1.86. The lowest BCUT2D eigenvalue weighted by atomic mass is 10.2. The Morgan fingerprint density at radius 3 is 2.71 bits per heavy atom. The summed E-state index contributed by atoms with van der Waals surface area (Å²) in [5, 5.41) is 1.31. The maximum Gasteiger partial charge on any atom is 0.143 e. The smallest absolute Gasteiger partial charge is 0.143 e. The van der Waals surface area contributed by atoms with Gasteiger partial charge in [-0.05, 0) is 18.6 Å². The van der Waals surface area contributed by atoms with Crippen molar-refractivity contribution >= 4 is 34.1 Å². The van der Waals surface area contributed by atoms with Crippen molar-refractivity contribution in [3.63, 3.8) is 0 Å². The van der Waals surface area contributed by atoms with Gasteiger partial charge in [-0.25, -0.2) is 4.39 Å². The van der Waals surface area contributed by atoms with E-state index in [-0.39, 0.29) is 5.02 Å². The molecule has 1 aromatic heterocycles. The van der Waals surface area contributed by atoms with E-state index in [1.807, 2.05) is 6.92 Å². The minimum Gasteiger partial charge on any atom is -0.256 e. The summed E-state index contributed by atoms with van der Waals surface area (Å²) in [5.74, 6) is -0.480. The second-order valence-corrected chi connectivity index (χ2v) is 3.82. The Morgan fingerprint density at radius 2 is 2.00 bits per heavy atom. The monoisotopic (exact) mass is 229 g/mol. The number of rotatable bonds is 0. The molecule has 14 heavy (non-hydrogen) atoms. The Bertz CT molecular complexity index is 511. The molecule has 2 rings (SSSR count). The molecule has 0 bridgehead atoms. The Morgan fingerprint density at radius 1 is 1.29 bits per heavy atom. The van der Waals surface area contributed by atoms with Crippen molar-refractivity contribution in [3.05, 3.63) is 39.8 Å². The molecule has 0 atom stereocenters. The first-order valence-electron chi connectivity index (χ1n) is 3.99. The molecule has 0 aliphatic heterocycles. The zero-order valence-electron chi connectivity index (χ0n) is 7.31. The van der Waals surface area contributed by atoms with Crippen molar-refractivity contribution in [3.8, 4) is 0 Å². The molecule has 0 saturated heterocycles. The molecule has 0 fully saturated rings. The molecular weight excluding hydrogens is 224 g/mol. The molecule has 4 heteroatoms. The molecule has 0 spiro atoms. The zero-order valence-corrected chi connectivity index (χ0v) is 8.83. The lowest BCUT2D eigenvalue weighted by Gasteiger charge is -2.03. The van der Waals surface area contributed by atoms with Crippen molar-refractivity contribution < 1.29 is 4.39 Å². The van der Waals surface area contributed by atoms with E-state index in [9.17, 15) is 4.39 Å². The number of hydrogen-bond acceptors (Lipinski definition) is 1. The van der Waals surface area contributed by atoms with Crippen LogP contribution < -0.4 is 0 Å². The normalized spacial score (nSPS) is 10.9. The summed E-state index contributed by atoms with van der Waals surface area (Å²) in [4.78, 5) is 4.06. The minimum absolute atomic E-state index is 0.0619. The number of benzene rings is 1. The van der Waals surface area contributed by atoms with Gasteiger partial charge in [0.25, 0.3) is 0 Å². The average Bonchev–Trinajstić information content (AvgIpc) is 2.15. The van der Waals surface area contributed by atoms with E-state index in [0.717, 1.165) is 5.56 Å². The number of halogens is 3. The van der Waals surface area contributed by atoms with Crippen LogP contribution in [0.4, 0.5) is 4.39 Å². The number of hydrogen-bond donors (Lipinski definition) is 0. The van der Waals surface area contributed by atoms with E-state index in [2.05, 4.69) is 4.98 Å². The van der Waals surface area contributed by atoms with Gasteiger partial charge in [-0.2, -0.15) is 0 Å². The van der Waals surface area contributed by atoms with Gasteiger partial charge in [0.1, 0.15) is 5.82 Å². The van der Waals surface area contributed by atoms with Crippen LogP contribution in [0.1, 0.15) is 5.56 Å². The fourth-order valence-corrected chi connectivity index (χ4v) is 1.62. The highest BCUT2D eigenvalue weighted by Gasteiger charge is 2.07. The van der Waals surface area contributed by atoms with Gasteiger partial charge in [-0.15, -0.1) is 0 Å². The van der Waals surface area contributed by atoms with E-state index in [4.69, 9.17) is 23.2 Å². The first-order chi connectivity index (χ1) is 6.59. The molecule has 0 radical (unpaired) electrons. The van der Waals surface area contributed by atoms with Gasteiger partial charge in [-0.3, -0.25) is 4.98 Å². The van der Waals surface area contributed by atoms with Crippen LogP contribution in [0, 0.1) is 12.7 Å². The lowest BCUT2D eigenvalue weighted by molar-refractivity contribution is 0.630. The topological polar surface area (TPSA) is 12.9 Å². The van der Waals surface area contributed by atoms with E-state index in [1.165, 1.54) is 12.1 Å². The fraction of sp³-hybridized carbons (Fsp3) is 0.100. The molecular formula is C10H6Cl2FN. The van der Waals surface area contributed by atoms with Crippen molar-refractivity contribution in [2.24, 2.45) is 0 Å². The van der Waals surface area contributed by atoms with Gasteiger partial charge in [-0.1, -0.05) is 23.2 Å². The van der Waals surface area contributed by atoms with Crippen LogP contribution in [0.5, 0.6) is 0 Å². The summed E-state index contributed by atoms with van der Waals surface area (Å²) in [6.07, 6.45) is 1.61. The molecule has 1 nitrogen and oxygen atoms in total. The largest absolute Gasteiger partial charge is 0.256 e. The third-order valence-corrected chi connectivity index (χ3v) is 2.81. The van der Waals surface area contributed by atoms with Crippen molar-refractivity contribution in [2.45, 2.75) is 6.92 Å². The third-order valence-electron chi connectivity index (χ3n) is 2.02. The Kier molecular flexibility index (Phi) is 2.33. The molecule has 2 aromatic rings. The van der Waals surface area contributed by atoms with Crippen molar-refractivity contribution in [1.82, 2.24) is 4.98 Å². The molecule has 0 amide bonds. The minimum atomic E-state index is -0.480. The summed E-state index contributed by atoms with van der Waals surface area (Å²) in [7, 11) is 0. The number of aromatic nitrogens is 1. The highest BCUT2D eigenvalue weighted by Crippen LogP contribution is 2.29. The highest BCUT2D eigenvalue weighted by atomic mass is 35.5. The predicted octanol–water partition coefficient (Wildman–Crippen LogP) is 3.99. The van der Waals surface area contributed by atoms with Gasteiger partial charge >= 0.3 is 0 Å². The summed E-state index contributed by atoms with van der Waals surface area (Å²) in [6, 6.07) is 2.78. The third kappa shape index (κ3) is 1.45. The quantitative estimate of drug-likeness (QED) is 0.666. The Balaban J connectivity index is 2.89. The van der Waals surface area contributed by atoms with Crippen LogP contribution >= 0.6 is 23.2 Å². The van der Waals surface area contributed by atoms with Gasteiger partial charge in [0.05, 0.1) is 15.6 Å². The molecule has 0 N–H and O–H groups in total. The first-order valence-corrected chi connectivity index (χ1v) is 4.75. The zero-order chi connectivity index (χ0) is 10.3. The molecule has 0 aliphatic rings. The van der Waals surface area contributed by atoms with Gasteiger partial charge in [0.15, 0.2) is 0 Å². The van der Waals surface area contributed by atoms with Gasteiger partial charge < -0.3 is 0 Å². The predicted molar refractivity (Wildman–Crippen MR) is 56.5 cm³/mol. The fourth-order valence-electron chi connectivity index (χ4n) is 1.25. The maximum absolute atomic E-state index is 13.1. The van der Waals surface area contributed by atoms with Crippen molar-refractivity contribution in [2.75, 3.05) is 0 Å². The van der Waals surface area contributed by atoms with E-state index < -0.39 is 5.82 Å². The second kappa shape index (κ2) is 3.37. The molecule has 0 saturated carbocycles. The average molecular weight is 230 g/mol. The number of fused-ring (bicyclic) bond motifs is 1. The Labute approximate surface area is 90.5 Å².